The molecule has 0 N–H and O–H groups in total. The van der Waals surface area contributed by atoms with Crippen LogP contribution in [-0.4, -0.2) is 0 Å². The fourth-order valence-electron chi connectivity index (χ4n) is 2.71. The van der Waals surface area contributed by atoms with Crippen LogP contribution in [-0.2, 0) is 0 Å². The summed E-state index contributed by atoms with van der Waals surface area (Å²) in [5.74, 6) is 4.35. The lowest BCUT2D eigenvalue weighted by molar-refractivity contribution is 0.477. The van der Waals surface area contributed by atoms with Gasteiger partial charge in [0.05, 0.1) is 0 Å². The Kier molecular flexibility index (Phi) is 13.1. The normalized spacial score (nSPS) is 14.2. The molecule has 0 rings (SSSR count). The average Bonchev–Trinajstić information content (AvgIpc) is 2.44. The molecule has 0 bridgehead atoms. The average molecular weight is 303 g/mol. The molecule has 0 heteroatoms. The third-order valence-corrected chi connectivity index (χ3v) is 4.34. The second kappa shape index (κ2) is 13.7. The molecular formula is C22H38. The molecule has 0 fully saturated rings. The SMILES string of the molecule is C#CCC=C(C)CCCC(C)CCC=C(C)CCCC(C)C. The number of rotatable bonds is 12. The number of hydrogen-bond acceptors (Lipinski definition) is 0. The molecule has 22 heavy (non-hydrogen) atoms. The molecule has 0 heterocycles. The van der Waals surface area contributed by atoms with E-state index in [0.29, 0.717) is 0 Å². The monoisotopic (exact) mass is 302 g/mol. The van der Waals surface area contributed by atoms with E-state index in [1.165, 1.54) is 56.9 Å². The van der Waals surface area contributed by atoms with Crippen LogP contribution < -0.4 is 0 Å². The Morgan fingerprint density at radius 1 is 0.909 bits per heavy atom. The zero-order valence-corrected chi connectivity index (χ0v) is 15.8. The highest BCUT2D eigenvalue weighted by molar-refractivity contribution is 5.04. The van der Waals surface area contributed by atoms with E-state index in [-0.39, 0.29) is 0 Å². The first kappa shape index (κ1) is 21.0. The van der Waals surface area contributed by atoms with E-state index in [4.69, 9.17) is 6.42 Å². The Bertz CT molecular complexity index is 362. The zero-order valence-electron chi connectivity index (χ0n) is 15.8. The van der Waals surface area contributed by atoms with E-state index in [0.717, 1.165) is 18.3 Å². The lowest BCUT2D eigenvalue weighted by Gasteiger charge is -2.10. The van der Waals surface area contributed by atoms with Gasteiger partial charge in [0.15, 0.2) is 0 Å². The molecule has 0 spiro atoms. The Hall–Kier alpha value is -0.960. The minimum Gasteiger partial charge on any atom is -0.120 e. The molecule has 1 unspecified atom stereocenters. The van der Waals surface area contributed by atoms with Gasteiger partial charge in [0.2, 0.25) is 0 Å². The summed E-state index contributed by atoms with van der Waals surface area (Å²) in [7, 11) is 0. The summed E-state index contributed by atoms with van der Waals surface area (Å²) in [5.41, 5.74) is 3.03. The van der Waals surface area contributed by atoms with Gasteiger partial charge in [-0.05, 0) is 64.2 Å². The first-order valence-electron chi connectivity index (χ1n) is 9.20. The van der Waals surface area contributed by atoms with Crippen LogP contribution in [0.4, 0.5) is 0 Å². The second-order valence-corrected chi connectivity index (χ2v) is 7.37. The quantitative estimate of drug-likeness (QED) is 0.262. The number of terminal acetylenes is 1. The summed E-state index contributed by atoms with van der Waals surface area (Å²) in [5, 5.41) is 0. The number of hydrogen-bond donors (Lipinski definition) is 0. The van der Waals surface area contributed by atoms with Crippen molar-refractivity contribution in [2.24, 2.45) is 11.8 Å². The van der Waals surface area contributed by atoms with Gasteiger partial charge in [0.25, 0.3) is 0 Å². The maximum Gasteiger partial charge on any atom is 0.0269 e. The highest BCUT2D eigenvalue weighted by Gasteiger charge is 2.02. The Morgan fingerprint density at radius 2 is 1.50 bits per heavy atom. The molecule has 0 aromatic carbocycles. The van der Waals surface area contributed by atoms with Crippen molar-refractivity contribution in [3.8, 4) is 12.3 Å². The number of allylic oxidation sites excluding steroid dienone is 4. The second-order valence-electron chi connectivity index (χ2n) is 7.37. The Labute approximate surface area is 140 Å². The summed E-state index contributed by atoms with van der Waals surface area (Å²) in [6.45, 7) is 11.5. The molecule has 0 aliphatic carbocycles. The van der Waals surface area contributed by atoms with Crippen LogP contribution in [0.25, 0.3) is 0 Å². The van der Waals surface area contributed by atoms with Crippen molar-refractivity contribution in [1.29, 1.82) is 0 Å². The van der Waals surface area contributed by atoms with Crippen LogP contribution in [0, 0.1) is 24.2 Å². The zero-order chi connectivity index (χ0) is 16.8. The molecule has 0 radical (unpaired) electrons. The summed E-state index contributed by atoms with van der Waals surface area (Å²) in [6.07, 6.45) is 21.1. The van der Waals surface area contributed by atoms with Crippen molar-refractivity contribution in [2.75, 3.05) is 0 Å². The first-order chi connectivity index (χ1) is 10.5. The fourth-order valence-corrected chi connectivity index (χ4v) is 2.71. The van der Waals surface area contributed by atoms with Gasteiger partial charge >= 0.3 is 0 Å². The topological polar surface area (TPSA) is 0 Å². The van der Waals surface area contributed by atoms with E-state index in [2.05, 4.69) is 52.7 Å². The van der Waals surface area contributed by atoms with Gasteiger partial charge in [-0.2, -0.15) is 0 Å². The maximum absolute atomic E-state index is 5.28. The van der Waals surface area contributed by atoms with Gasteiger partial charge in [0, 0.05) is 6.42 Å². The van der Waals surface area contributed by atoms with Crippen LogP contribution in [0.3, 0.4) is 0 Å². The maximum atomic E-state index is 5.28. The minimum atomic E-state index is 0.780. The smallest absolute Gasteiger partial charge is 0.0269 e. The van der Waals surface area contributed by atoms with Crippen LogP contribution in [0.5, 0.6) is 0 Å². The molecule has 0 amide bonds. The standard InChI is InChI=1S/C22H38/c1-7-8-13-20(4)15-10-17-22(6)18-11-16-21(5)14-9-12-19(2)3/h1,13,16,19,22H,8-12,14-15,17-18H2,2-6H3. The molecule has 0 saturated heterocycles. The highest BCUT2D eigenvalue weighted by Crippen LogP contribution is 2.18. The van der Waals surface area contributed by atoms with E-state index < -0.39 is 0 Å². The third kappa shape index (κ3) is 14.0. The lowest BCUT2D eigenvalue weighted by Crippen LogP contribution is -1.95. The van der Waals surface area contributed by atoms with Gasteiger partial charge in [-0.1, -0.05) is 56.9 Å². The van der Waals surface area contributed by atoms with Crippen molar-refractivity contribution in [1.82, 2.24) is 0 Å². The fraction of sp³-hybridized carbons (Fsp3) is 0.727. The summed E-state index contributed by atoms with van der Waals surface area (Å²) in [6, 6.07) is 0. The van der Waals surface area contributed by atoms with Crippen molar-refractivity contribution < 1.29 is 0 Å². The Morgan fingerprint density at radius 3 is 2.09 bits per heavy atom. The van der Waals surface area contributed by atoms with Crippen LogP contribution >= 0.6 is 0 Å². The minimum absolute atomic E-state index is 0.780. The highest BCUT2D eigenvalue weighted by atomic mass is 14.1. The van der Waals surface area contributed by atoms with E-state index in [9.17, 15) is 0 Å². The van der Waals surface area contributed by atoms with Gasteiger partial charge < -0.3 is 0 Å². The molecule has 0 aliphatic rings. The van der Waals surface area contributed by atoms with Gasteiger partial charge in [-0.3, -0.25) is 0 Å². The summed E-state index contributed by atoms with van der Waals surface area (Å²) in [4.78, 5) is 0. The summed E-state index contributed by atoms with van der Waals surface area (Å²) >= 11 is 0. The largest absolute Gasteiger partial charge is 0.120 e. The molecule has 0 aliphatic heterocycles. The molecular weight excluding hydrogens is 264 g/mol. The predicted molar refractivity (Wildman–Crippen MR) is 102 cm³/mol. The lowest BCUT2D eigenvalue weighted by atomic mass is 9.96. The van der Waals surface area contributed by atoms with Crippen LogP contribution in [0.15, 0.2) is 23.3 Å². The first-order valence-corrected chi connectivity index (χ1v) is 9.20. The molecule has 0 aromatic heterocycles. The predicted octanol–water partition coefficient (Wildman–Crippen LogP) is 7.32. The van der Waals surface area contributed by atoms with E-state index >= 15 is 0 Å². The molecule has 0 aromatic rings. The third-order valence-electron chi connectivity index (χ3n) is 4.34. The van der Waals surface area contributed by atoms with Crippen molar-refractivity contribution in [3.63, 3.8) is 0 Å². The van der Waals surface area contributed by atoms with Crippen molar-refractivity contribution in [3.05, 3.63) is 23.3 Å². The van der Waals surface area contributed by atoms with Gasteiger partial charge in [-0.15, -0.1) is 12.3 Å². The molecule has 0 nitrogen and oxygen atoms in total. The Balaban J connectivity index is 3.72. The van der Waals surface area contributed by atoms with Gasteiger partial charge in [0.1, 0.15) is 0 Å². The van der Waals surface area contributed by atoms with Crippen LogP contribution in [0.1, 0.15) is 92.4 Å². The van der Waals surface area contributed by atoms with Crippen molar-refractivity contribution in [2.45, 2.75) is 92.4 Å². The molecule has 0 saturated carbocycles. The van der Waals surface area contributed by atoms with Crippen LogP contribution in [0.2, 0.25) is 0 Å². The molecule has 126 valence electrons. The van der Waals surface area contributed by atoms with Gasteiger partial charge in [-0.25, -0.2) is 0 Å². The van der Waals surface area contributed by atoms with E-state index in [1.807, 2.05) is 0 Å². The van der Waals surface area contributed by atoms with Crippen molar-refractivity contribution >= 4 is 0 Å². The summed E-state index contributed by atoms with van der Waals surface area (Å²) < 4.78 is 0. The van der Waals surface area contributed by atoms with E-state index in [1.54, 1.807) is 5.57 Å². The molecule has 1 atom stereocenters.